The van der Waals surface area contributed by atoms with Gasteiger partial charge in [-0.25, -0.2) is 9.59 Å². The number of amides is 1. The first kappa shape index (κ1) is 22.4. The Kier molecular flexibility index (Phi) is 6.39. The van der Waals surface area contributed by atoms with E-state index < -0.39 is 12.1 Å². The molecule has 1 heterocycles. The smallest absolute Gasteiger partial charge is 0.411 e. The Morgan fingerprint density at radius 3 is 2.58 bits per heavy atom. The number of carboxylic acid groups (broad SMARTS) is 1. The Hall–Kier alpha value is -3.75. The molecule has 1 saturated carbocycles. The van der Waals surface area contributed by atoms with Crippen LogP contribution in [0.5, 0.6) is 11.6 Å². The van der Waals surface area contributed by atoms with Gasteiger partial charge in [0.05, 0.1) is 37.2 Å². The number of carbonyl (C=O) groups is 2. The Labute approximate surface area is 191 Å². The number of aromatic nitrogens is 2. The van der Waals surface area contributed by atoms with Crippen LogP contribution in [0.2, 0.25) is 0 Å². The highest BCUT2D eigenvalue weighted by atomic mass is 16.6. The first-order chi connectivity index (χ1) is 15.9. The number of carboxylic acids is 1. The average Bonchev–Trinajstić information content (AvgIpc) is 3.41. The number of hydrogen-bond donors (Lipinski definition) is 2. The molecule has 0 unspecified atom stereocenters. The molecule has 1 aliphatic carbocycles. The van der Waals surface area contributed by atoms with Crippen molar-refractivity contribution in [3.8, 4) is 11.6 Å². The second-order valence-corrected chi connectivity index (χ2v) is 8.07. The minimum atomic E-state index is -1.01. The summed E-state index contributed by atoms with van der Waals surface area (Å²) in [7, 11) is 3.06. The van der Waals surface area contributed by atoms with Gasteiger partial charge in [-0.1, -0.05) is 6.07 Å². The molecule has 1 aromatic heterocycles. The Morgan fingerprint density at radius 1 is 1.15 bits per heavy atom. The van der Waals surface area contributed by atoms with Crippen molar-refractivity contribution < 1.29 is 28.9 Å². The standard InChI is InChI=1S/C24H27N3O6/c1-14-18(23(28)29)10-8-15(21(14)31-2)13-27-20-12-16(9-11-19(20)22(26-27)32-3)25-24(30)33-17-6-4-5-7-17/h8-12,17H,4-7,13H2,1-3H3,(H,25,30)(H,28,29). The largest absolute Gasteiger partial charge is 0.496 e. The van der Waals surface area contributed by atoms with Gasteiger partial charge in [0, 0.05) is 16.8 Å². The predicted molar refractivity (Wildman–Crippen MR) is 122 cm³/mol. The lowest BCUT2D eigenvalue weighted by Gasteiger charge is -2.14. The van der Waals surface area contributed by atoms with Crippen LogP contribution in [0.25, 0.3) is 10.9 Å². The van der Waals surface area contributed by atoms with Crippen LogP contribution in [0.3, 0.4) is 0 Å². The fourth-order valence-corrected chi connectivity index (χ4v) is 4.35. The fraction of sp³-hybridized carbons (Fsp3) is 0.375. The van der Waals surface area contributed by atoms with Crippen LogP contribution < -0.4 is 14.8 Å². The molecular weight excluding hydrogens is 426 g/mol. The van der Waals surface area contributed by atoms with E-state index in [1.54, 1.807) is 36.9 Å². The molecule has 1 fully saturated rings. The van der Waals surface area contributed by atoms with Crippen molar-refractivity contribution in [2.75, 3.05) is 19.5 Å². The summed E-state index contributed by atoms with van der Waals surface area (Å²) in [4.78, 5) is 23.8. The molecule has 1 aliphatic rings. The van der Waals surface area contributed by atoms with Crippen LogP contribution in [-0.2, 0) is 11.3 Å². The minimum absolute atomic E-state index is 0.0242. The van der Waals surface area contributed by atoms with Crippen molar-refractivity contribution >= 4 is 28.7 Å². The first-order valence-corrected chi connectivity index (χ1v) is 10.8. The maximum atomic E-state index is 12.3. The predicted octanol–water partition coefficient (Wildman–Crippen LogP) is 4.60. The average molecular weight is 453 g/mol. The lowest BCUT2D eigenvalue weighted by molar-refractivity contribution is 0.0695. The van der Waals surface area contributed by atoms with E-state index >= 15 is 0 Å². The van der Waals surface area contributed by atoms with Gasteiger partial charge >= 0.3 is 12.1 Å². The molecule has 0 spiro atoms. The van der Waals surface area contributed by atoms with Crippen LogP contribution in [0.4, 0.5) is 10.5 Å². The van der Waals surface area contributed by atoms with E-state index in [0.29, 0.717) is 29.4 Å². The topological polar surface area (TPSA) is 112 Å². The summed E-state index contributed by atoms with van der Waals surface area (Å²) in [5.74, 6) is -0.0707. The van der Waals surface area contributed by atoms with Crippen LogP contribution >= 0.6 is 0 Å². The van der Waals surface area contributed by atoms with E-state index in [1.807, 2.05) is 12.1 Å². The maximum Gasteiger partial charge on any atom is 0.411 e. The molecule has 4 rings (SSSR count). The lowest BCUT2D eigenvalue weighted by Crippen LogP contribution is -2.20. The molecule has 0 aliphatic heterocycles. The third-order valence-corrected chi connectivity index (χ3v) is 5.98. The van der Waals surface area contributed by atoms with E-state index in [2.05, 4.69) is 10.4 Å². The van der Waals surface area contributed by atoms with Crippen LogP contribution in [0.15, 0.2) is 30.3 Å². The molecule has 9 nitrogen and oxygen atoms in total. The summed E-state index contributed by atoms with van der Waals surface area (Å²) in [6.45, 7) is 2.03. The SMILES string of the molecule is COc1c(Cn2nc(OC)c3ccc(NC(=O)OC4CCCC4)cc32)ccc(C(=O)O)c1C. The first-order valence-electron chi connectivity index (χ1n) is 10.8. The van der Waals surface area contributed by atoms with E-state index in [9.17, 15) is 14.7 Å². The quantitative estimate of drug-likeness (QED) is 0.538. The Morgan fingerprint density at radius 2 is 1.91 bits per heavy atom. The summed E-state index contributed by atoms with van der Waals surface area (Å²) >= 11 is 0. The zero-order valence-corrected chi connectivity index (χ0v) is 18.9. The molecule has 2 aromatic carbocycles. The van der Waals surface area contributed by atoms with E-state index in [4.69, 9.17) is 14.2 Å². The number of nitrogens with one attached hydrogen (secondary N) is 1. The van der Waals surface area contributed by atoms with Gasteiger partial charge in [-0.05, 0) is 56.9 Å². The number of benzene rings is 2. The van der Waals surface area contributed by atoms with Crippen LogP contribution in [0.1, 0.15) is 47.2 Å². The second kappa shape index (κ2) is 9.40. The Balaban J connectivity index is 1.65. The molecule has 174 valence electrons. The number of carbonyl (C=O) groups excluding carboxylic acids is 1. The van der Waals surface area contributed by atoms with Gasteiger partial charge in [0.1, 0.15) is 11.9 Å². The highest BCUT2D eigenvalue weighted by Gasteiger charge is 2.21. The number of rotatable bonds is 7. The van der Waals surface area contributed by atoms with Gasteiger partial charge in [-0.15, -0.1) is 5.10 Å². The van der Waals surface area contributed by atoms with Crippen molar-refractivity contribution in [2.24, 2.45) is 0 Å². The van der Waals surface area contributed by atoms with Crippen molar-refractivity contribution in [3.63, 3.8) is 0 Å². The molecule has 0 atom stereocenters. The molecular formula is C24H27N3O6. The molecule has 2 N–H and O–H groups in total. The number of ether oxygens (including phenoxy) is 3. The normalized spacial score (nSPS) is 13.8. The van der Waals surface area contributed by atoms with E-state index in [1.165, 1.54) is 7.11 Å². The number of fused-ring (bicyclic) bond motifs is 1. The molecule has 1 amide bonds. The van der Waals surface area contributed by atoms with Crippen molar-refractivity contribution in [2.45, 2.75) is 45.3 Å². The van der Waals surface area contributed by atoms with Crippen molar-refractivity contribution in [3.05, 3.63) is 47.0 Å². The molecule has 0 saturated heterocycles. The number of aromatic carboxylic acids is 1. The summed E-state index contributed by atoms with van der Waals surface area (Å²) in [6.07, 6.45) is 3.47. The third-order valence-electron chi connectivity index (χ3n) is 5.98. The zero-order valence-electron chi connectivity index (χ0n) is 18.9. The second-order valence-electron chi connectivity index (χ2n) is 8.07. The van der Waals surface area contributed by atoms with Gasteiger partial charge in [0.2, 0.25) is 5.88 Å². The summed E-state index contributed by atoms with van der Waals surface area (Å²) in [5.41, 5.74) is 2.82. The highest BCUT2D eigenvalue weighted by Crippen LogP contribution is 2.32. The van der Waals surface area contributed by atoms with Crippen molar-refractivity contribution in [1.82, 2.24) is 9.78 Å². The van der Waals surface area contributed by atoms with E-state index in [0.717, 1.165) is 42.1 Å². The van der Waals surface area contributed by atoms with Crippen molar-refractivity contribution in [1.29, 1.82) is 0 Å². The molecule has 9 heteroatoms. The highest BCUT2D eigenvalue weighted by molar-refractivity contribution is 5.92. The summed E-state index contributed by atoms with van der Waals surface area (Å²) in [5, 5.41) is 17.5. The molecule has 0 radical (unpaired) electrons. The van der Waals surface area contributed by atoms with Gasteiger partial charge in [-0.3, -0.25) is 10.00 Å². The van der Waals surface area contributed by atoms with Gasteiger partial charge < -0.3 is 19.3 Å². The van der Waals surface area contributed by atoms with Gasteiger partial charge in [-0.2, -0.15) is 0 Å². The van der Waals surface area contributed by atoms with Crippen LogP contribution in [-0.4, -0.2) is 47.3 Å². The monoisotopic (exact) mass is 453 g/mol. The fourth-order valence-electron chi connectivity index (χ4n) is 4.35. The van der Waals surface area contributed by atoms with E-state index in [-0.39, 0.29) is 11.7 Å². The molecule has 33 heavy (non-hydrogen) atoms. The maximum absolute atomic E-state index is 12.3. The Bertz CT molecular complexity index is 1200. The summed E-state index contributed by atoms with van der Waals surface area (Å²) < 4.78 is 18.2. The zero-order chi connectivity index (χ0) is 23.5. The number of anilines is 1. The molecule has 0 bridgehead atoms. The van der Waals surface area contributed by atoms with Gasteiger partial charge in [0.15, 0.2) is 0 Å². The number of hydrogen-bond acceptors (Lipinski definition) is 6. The van der Waals surface area contributed by atoms with Crippen LogP contribution in [0, 0.1) is 6.92 Å². The lowest BCUT2D eigenvalue weighted by atomic mass is 10.0. The number of methoxy groups -OCH3 is 2. The number of nitrogens with zero attached hydrogens (tertiary/aromatic N) is 2. The molecule has 3 aromatic rings. The third kappa shape index (κ3) is 4.57. The minimum Gasteiger partial charge on any atom is -0.496 e. The van der Waals surface area contributed by atoms with Gasteiger partial charge in [0.25, 0.3) is 0 Å². The summed E-state index contributed by atoms with van der Waals surface area (Å²) in [6, 6.07) is 8.70.